The molecule has 1 N–H and O–H groups in total. The van der Waals surface area contributed by atoms with Crippen molar-refractivity contribution in [2.45, 2.75) is 11.8 Å². The summed E-state index contributed by atoms with van der Waals surface area (Å²) in [7, 11) is -3.82. The fourth-order valence-electron chi connectivity index (χ4n) is 2.19. The third-order valence-electron chi connectivity index (χ3n) is 3.42. The number of nitrogens with one attached hydrogen (secondary N) is 1. The summed E-state index contributed by atoms with van der Waals surface area (Å²) in [5.41, 5.74) is 2.01. The highest BCUT2D eigenvalue weighted by Crippen LogP contribution is 2.24. The minimum atomic E-state index is -3.82. The molecule has 1 heterocycles. The molecule has 24 heavy (non-hydrogen) atoms. The number of hydrogen-bond donors (Lipinski definition) is 1. The van der Waals surface area contributed by atoms with Crippen LogP contribution in [0.2, 0.25) is 0 Å². The number of aromatic nitrogens is 4. The van der Waals surface area contributed by atoms with Crippen LogP contribution in [-0.4, -0.2) is 28.6 Å². The maximum absolute atomic E-state index is 12.6. The Balaban J connectivity index is 1.99. The summed E-state index contributed by atoms with van der Waals surface area (Å²) in [6, 6.07) is 12.9. The lowest BCUT2D eigenvalue weighted by Gasteiger charge is -2.13. The number of tetrazole rings is 1. The van der Waals surface area contributed by atoms with Crippen LogP contribution in [0.3, 0.4) is 0 Å². The van der Waals surface area contributed by atoms with Crippen molar-refractivity contribution < 1.29 is 8.42 Å². The normalized spacial score (nSPS) is 11.0. The fourth-order valence-corrected chi connectivity index (χ4v) is 3.36. The summed E-state index contributed by atoms with van der Waals surface area (Å²) in [5, 5.41) is 19.9. The number of hydrogen-bond acceptors (Lipinski definition) is 6. The van der Waals surface area contributed by atoms with Gasteiger partial charge in [-0.2, -0.15) is 5.26 Å². The highest BCUT2D eigenvalue weighted by atomic mass is 32.2. The van der Waals surface area contributed by atoms with Gasteiger partial charge in [-0.1, -0.05) is 12.1 Å². The lowest BCUT2D eigenvalue weighted by Crippen LogP contribution is -2.14. The molecule has 3 rings (SSSR count). The molecule has 0 saturated heterocycles. The molecule has 0 saturated carbocycles. The number of sulfonamides is 1. The molecule has 8 nitrogen and oxygen atoms in total. The third-order valence-corrected chi connectivity index (χ3v) is 4.78. The summed E-state index contributed by atoms with van der Waals surface area (Å²) in [6.45, 7) is 1.76. The summed E-state index contributed by atoms with van der Waals surface area (Å²) < 4.78 is 29.1. The van der Waals surface area contributed by atoms with Gasteiger partial charge < -0.3 is 0 Å². The smallest absolute Gasteiger partial charge is 0.261 e. The average molecular weight is 340 g/mol. The van der Waals surface area contributed by atoms with Crippen LogP contribution in [0.25, 0.3) is 5.69 Å². The Labute approximate surface area is 138 Å². The predicted molar refractivity (Wildman–Crippen MR) is 85.9 cm³/mol. The van der Waals surface area contributed by atoms with Crippen molar-refractivity contribution in [2.24, 2.45) is 0 Å². The van der Waals surface area contributed by atoms with E-state index in [1.807, 2.05) is 6.07 Å². The van der Waals surface area contributed by atoms with Crippen LogP contribution in [-0.2, 0) is 10.0 Å². The Morgan fingerprint density at radius 3 is 2.71 bits per heavy atom. The first kappa shape index (κ1) is 15.6. The number of nitrogens with zero attached hydrogens (tertiary/aromatic N) is 5. The van der Waals surface area contributed by atoms with E-state index in [2.05, 4.69) is 20.2 Å². The van der Waals surface area contributed by atoms with Crippen LogP contribution < -0.4 is 4.72 Å². The van der Waals surface area contributed by atoms with Crippen LogP contribution in [0.15, 0.2) is 53.7 Å². The summed E-state index contributed by atoms with van der Waals surface area (Å²) in [5.74, 6) is 0. The van der Waals surface area contributed by atoms with Crippen LogP contribution in [0.1, 0.15) is 11.1 Å². The van der Waals surface area contributed by atoms with E-state index in [9.17, 15) is 8.42 Å². The van der Waals surface area contributed by atoms with E-state index >= 15 is 0 Å². The molecule has 0 fully saturated rings. The second kappa shape index (κ2) is 6.10. The largest absolute Gasteiger partial charge is 0.279 e. The van der Waals surface area contributed by atoms with Gasteiger partial charge >= 0.3 is 0 Å². The minimum absolute atomic E-state index is 0.0220. The van der Waals surface area contributed by atoms with E-state index in [4.69, 9.17) is 5.26 Å². The molecule has 0 amide bonds. The zero-order chi connectivity index (χ0) is 17.2. The molecule has 1 aromatic heterocycles. The fraction of sp³-hybridized carbons (Fsp3) is 0.0667. The van der Waals surface area contributed by atoms with Gasteiger partial charge in [0, 0.05) is 0 Å². The number of benzene rings is 2. The Kier molecular flexibility index (Phi) is 3.97. The van der Waals surface area contributed by atoms with Crippen molar-refractivity contribution >= 4 is 15.7 Å². The van der Waals surface area contributed by atoms with Crippen molar-refractivity contribution in [1.29, 1.82) is 5.26 Å². The second-order valence-electron chi connectivity index (χ2n) is 4.95. The molecule has 0 unspecified atom stereocenters. The summed E-state index contributed by atoms with van der Waals surface area (Å²) in [4.78, 5) is 0.0220. The van der Waals surface area contributed by atoms with Crippen molar-refractivity contribution in [3.63, 3.8) is 0 Å². The summed E-state index contributed by atoms with van der Waals surface area (Å²) >= 11 is 0. The van der Waals surface area contributed by atoms with E-state index in [1.54, 1.807) is 31.2 Å². The van der Waals surface area contributed by atoms with Gasteiger partial charge in [0.15, 0.2) is 0 Å². The SMILES string of the molecule is Cc1c(NS(=O)(=O)c2cccc(C#N)c2)cccc1-n1cnnn1. The van der Waals surface area contributed by atoms with Gasteiger partial charge in [-0.15, -0.1) is 5.10 Å². The first-order chi connectivity index (χ1) is 11.5. The highest BCUT2D eigenvalue weighted by Gasteiger charge is 2.17. The van der Waals surface area contributed by atoms with Gasteiger partial charge in [0.05, 0.1) is 27.9 Å². The Hall–Kier alpha value is -3.25. The van der Waals surface area contributed by atoms with E-state index in [0.717, 1.165) is 0 Å². The van der Waals surface area contributed by atoms with Gasteiger partial charge in [0.2, 0.25) is 0 Å². The first-order valence-corrected chi connectivity index (χ1v) is 8.35. The molecule has 2 aromatic carbocycles. The molecule has 0 aliphatic rings. The highest BCUT2D eigenvalue weighted by molar-refractivity contribution is 7.92. The third kappa shape index (κ3) is 2.95. The molecule has 0 aliphatic heterocycles. The van der Waals surface area contributed by atoms with Crippen LogP contribution in [0.5, 0.6) is 0 Å². The first-order valence-electron chi connectivity index (χ1n) is 6.87. The standard InChI is InChI=1S/C15H12N6O2S/c1-11-14(6-3-7-15(11)21-10-17-19-20-21)18-24(22,23)13-5-2-4-12(8-13)9-16/h2-8,10,18H,1H3. The lowest BCUT2D eigenvalue weighted by molar-refractivity contribution is 0.601. The van der Waals surface area contributed by atoms with Crippen molar-refractivity contribution in [3.8, 4) is 11.8 Å². The number of anilines is 1. The molecule has 0 aliphatic carbocycles. The molecule has 9 heteroatoms. The van der Waals surface area contributed by atoms with Crippen molar-refractivity contribution in [3.05, 3.63) is 59.9 Å². The second-order valence-corrected chi connectivity index (χ2v) is 6.63. The van der Waals surface area contributed by atoms with Gasteiger partial charge in [-0.3, -0.25) is 4.72 Å². The van der Waals surface area contributed by atoms with Crippen molar-refractivity contribution in [2.75, 3.05) is 4.72 Å². The maximum Gasteiger partial charge on any atom is 0.261 e. The van der Waals surface area contributed by atoms with Gasteiger partial charge in [0.1, 0.15) is 6.33 Å². The summed E-state index contributed by atoms with van der Waals surface area (Å²) in [6.07, 6.45) is 1.43. The number of rotatable bonds is 4. The minimum Gasteiger partial charge on any atom is -0.279 e. The lowest BCUT2D eigenvalue weighted by atomic mass is 10.1. The molecular formula is C15H12N6O2S. The Morgan fingerprint density at radius 1 is 1.21 bits per heavy atom. The molecule has 0 atom stereocenters. The topological polar surface area (TPSA) is 114 Å². The van der Waals surface area contributed by atoms with Gasteiger partial charge in [-0.25, -0.2) is 13.1 Å². The predicted octanol–water partition coefficient (Wildman–Crippen LogP) is 1.64. The molecule has 0 radical (unpaired) electrons. The zero-order valence-corrected chi connectivity index (χ0v) is 13.4. The van der Waals surface area contributed by atoms with Gasteiger partial charge in [0.25, 0.3) is 10.0 Å². The molecule has 0 bridgehead atoms. The van der Waals surface area contributed by atoms with Crippen molar-refractivity contribution in [1.82, 2.24) is 20.2 Å². The quantitative estimate of drug-likeness (QED) is 0.772. The zero-order valence-electron chi connectivity index (χ0n) is 12.6. The van der Waals surface area contributed by atoms with Gasteiger partial charge in [-0.05, 0) is 53.2 Å². The number of nitriles is 1. The van der Waals surface area contributed by atoms with Crippen LogP contribution in [0.4, 0.5) is 5.69 Å². The van der Waals surface area contributed by atoms with E-state index in [1.165, 1.54) is 29.2 Å². The molecular weight excluding hydrogens is 328 g/mol. The van der Waals surface area contributed by atoms with E-state index < -0.39 is 10.0 Å². The Bertz CT molecular complexity index is 1020. The van der Waals surface area contributed by atoms with E-state index in [0.29, 0.717) is 16.9 Å². The monoisotopic (exact) mass is 340 g/mol. The molecule has 0 spiro atoms. The Morgan fingerprint density at radius 2 is 2.00 bits per heavy atom. The van der Waals surface area contributed by atoms with Crippen LogP contribution >= 0.6 is 0 Å². The molecule has 3 aromatic rings. The maximum atomic E-state index is 12.6. The average Bonchev–Trinajstić information content (AvgIpc) is 3.11. The van der Waals surface area contributed by atoms with E-state index in [-0.39, 0.29) is 10.5 Å². The van der Waals surface area contributed by atoms with Crippen LogP contribution in [0, 0.1) is 18.3 Å². The molecule has 120 valence electrons.